The van der Waals surface area contributed by atoms with Crippen LogP contribution < -0.4 is 4.74 Å². The van der Waals surface area contributed by atoms with E-state index in [1.807, 2.05) is 71.0 Å². The molecule has 8 nitrogen and oxygen atoms in total. The van der Waals surface area contributed by atoms with E-state index in [-0.39, 0.29) is 18.4 Å². The number of fused-ring (bicyclic) bond motifs is 1. The number of benzene rings is 2. The van der Waals surface area contributed by atoms with Crippen molar-refractivity contribution >= 4 is 12.4 Å². The Morgan fingerprint density at radius 1 is 1.14 bits per heavy atom. The van der Waals surface area contributed by atoms with Crippen LogP contribution in [0.4, 0.5) is 0 Å². The first-order chi connectivity index (χ1) is 14.1. The molecule has 3 aromatic rings. The molecule has 0 fully saturated rings. The predicted octanol–water partition coefficient (Wildman–Crippen LogP) is 2.76. The normalized spacial score (nSPS) is 15.2. The summed E-state index contributed by atoms with van der Waals surface area (Å²) in [4.78, 5) is 23.1. The molecular formula is C21H22N4O4. The van der Waals surface area contributed by atoms with Crippen LogP contribution in [0.2, 0.25) is 0 Å². The van der Waals surface area contributed by atoms with E-state index >= 15 is 0 Å². The molecule has 1 aliphatic rings. The fraction of sp³-hybridized carbons (Fsp3) is 0.238. The molecule has 1 aliphatic heterocycles. The second kappa shape index (κ2) is 9.01. The summed E-state index contributed by atoms with van der Waals surface area (Å²) < 4.78 is 7.14. The van der Waals surface area contributed by atoms with Crippen LogP contribution in [0.3, 0.4) is 0 Å². The highest BCUT2D eigenvalue weighted by Gasteiger charge is 2.33. The lowest BCUT2D eigenvalue weighted by atomic mass is 10.1. The summed E-state index contributed by atoms with van der Waals surface area (Å²) in [5.41, 5.74) is 2.03. The topological polar surface area (TPSA) is 97.6 Å². The number of carboxylic acid groups (broad SMARTS) is 1. The monoisotopic (exact) mass is 394 g/mol. The maximum absolute atomic E-state index is 12.9. The van der Waals surface area contributed by atoms with Gasteiger partial charge in [0, 0.05) is 12.1 Å². The number of amides is 1. The Morgan fingerprint density at radius 2 is 1.79 bits per heavy atom. The highest BCUT2D eigenvalue weighted by molar-refractivity contribution is 5.82. The minimum absolute atomic E-state index is 0.0796. The molecule has 150 valence electrons. The zero-order valence-electron chi connectivity index (χ0n) is 16.2. The van der Waals surface area contributed by atoms with Crippen molar-refractivity contribution < 1.29 is 19.4 Å². The molecule has 29 heavy (non-hydrogen) atoms. The number of rotatable bonds is 4. The number of nitrogens with zero attached hydrogens (tertiary/aromatic N) is 4. The molecule has 1 atom stereocenters. The van der Waals surface area contributed by atoms with Gasteiger partial charge in [-0.2, -0.15) is 0 Å². The van der Waals surface area contributed by atoms with E-state index in [1.165, 1.54) is 0 Å². The van der Waals surface area contributed by atoms with Crippen LogP contribution in [0, 0.1) is 0 Å². The summed E-state index contributed by atoms with van der Waals surface area (Å²) in [5.74, 6) is 2.38. The number of hydrogen-bond donors (Lipinski definition) is 1. The van der Waals surface area contributed by atoms with Crippen molar-refractivity contribution in [3.05, 3.63) is 66.0 Å². The lowest BCUT2D eigenvalue weighted by molar-refractivity contribution is -0.137. The van der Waals surface area contributed by atoms with Gasteiger partial charge in [0.2, 0.25) is 5.91 Å². The van der Waals surface area contributed by atoms with Gasteiger partial charge >= 0.3 is 0 Å². The smallest absolute Gasteiger partial charge is 0.290 e. The largest absolute Gasteiger partial charge is 0.497 e. The lowest BCUT2D eigenvalue weighted by Crippen LogP contribution is -2.41. The van der Waals surface area contributed by atoms with Gasteiger partial charge in [-0.25, -0.2) is 0 Å². The molecule has 0 saturated heterocycles. The predicted molar refractivity (Wildman–Crippen MR) is 106 cm³/mol. The minimum Gasteiger partial charge on any atom is -0.497 e. The Labute approximate surface area is 168 Å². The summed E-state index contributed by atoms with van der Waals surface area (Å²) in [6.45, 7) is 2.69. The summed E-state index contributed by atoms with van der Waals surface area (Å²) in [5, 5.41) is 15.6. The first-order valence-electron chi connectivity index (χ1n) is 9.07. The maximum atomic E-state index is 12.9. The number of ether oxygens (including phenoxy) is 1. The van der Waals surface area contributed by atoms with Crippen molar-refractivity contribution in [1.29, 1.82) is 0 Å². The van der Waals surface area contributed by atoms with E-state index < -0.39 is 0 Å². The number of carbonyl (C=O) groups is 2. The fourth-order valence-corrected chi connectivity index (χ4v) is 3.34. The first-order valence-corrected chi connectivity index (χ1v) is 9.07. The molecule has 2 heterocycles. The molecule has 4 rings (SSSR count). The number of aromatic nitrogens is 3. The number of methoxy groups -OCH3 is 1. The van der Waals surface area contributed by atoms with Crippen LogP contribution in [0.5, 0.6) is 5.75 Å². The summed E-state index contributed by atoms with van der Waals surface area (Å²) in [6, 6.07) is 17.3. The average molecular weight is 394 g/mol. The van der Waals surface area contributed by atoms with Gasteiger partial charge in [-0.05, 0) is 36.8 Å². The summed E-state index contributed by atoms with van der Waals surface area (Å²) >= 11 is 0. The quantitative estimate of drug-likeness (QED) is 0.684. The minimum atomic E-state index is -0.338. The Kier molecular flexibility index (Phi) is 6.23. The van der Waals surface area contributed by atoms with Crippen LogP contribution in [-0.2, 0) is 22.7 Å². The van der Waals surface area contributed by atoms with Crippen molar-refractivity contribution in [2.75, 3.05) is 7.11 Å². The molecule has 2 aromatic carbocycles. The van der Waals surface area contributed by atoms with Crippen molar-refractivity contribution in [2.24, 2.45) is 0 Å². The average Bonchev–Trinajstić information content (AvgIpc) is 3.17. The molecule has 8 heteroatoms. The van der Waals surface area contributed by atoms with Gasteiger partial charge in [-0.1, -0.05) is 30.3 Å². The third-order valence-corrected chi connectivity index (χ3v) is 4.72. The van der Waals surface area contributed by atoms with Gasteiger partial charge in [0.05, 0.1) is 13.7 Å². The highest BCUT2D eigenvalue weighted by Crippen LogP contribution is 2.29. The van der Waals surface area contributed by atoms with Crippen molar-refractivity contribution in [2.45, 2.75) is 26.1 Å². The van der Waals surface area contributed by atoms with Gasteiger partial charge in [0.25, 0.3) is 6.47 Å². The van der Waals surface area contributed by atoms with Crippen LogP contribution in [0.1, 0.15) is 24.4 Å². The van der Waals surface area contributed by atoms with E-state index in [9.17, 15) is 4.79 Å². The third kappa shape index (κ3) is 4.26. The van der Waals surface area contributed by atoms with Crippen LogP contribution in [0.15, 0.2) is 54.6 Å². The van der Waals surface area contributed by atoms with E-state index in [4.69, 9.17) is 14.6 Å². The Hall–Kier alpha value is -3.68. The zero-order valence-corrected chi connectivity index (χ0v) is 16.2. The second-order valence-electron chi connectivity index (χ2n) is 6.50. The molecule has 0 radical (unpaired) electrons. The van der Waals surface area contributed by atoms with Gasteiger partial charge in [0.15, 0.2) is 11.6 Å². The van der Waals surface area contributed by atoms with E-state index in [2.05, 4.69) is 10.2 Å². The Bertz CT molecular complexity index is 970. The molecule has 0 bridgehead atoms. The van der Waals surface area contributed by atoms with Crippen molar-refractivity contribution in [3.8, 4) is 17.1 Å². The third-order valence-electron chi connectivity index (χ3n) is 4.72. The molecule has 0 unspecified atom stereocenters. The molecule has 0 aliphatic carbocycles. The van der Waals surface area contributed by atoms with Gasteiger partial charge in [-0.3, -0.25) is 14.2 Å². The number of hydrogen-bond acceptors (Lipinski definition) is 5. The second-order valence-corrected chi connectivity index (χ2v) is 6.50. The maximum Gasteiger partial charge on any atom is 0.290 e. The van der Waals surface area contributed by atoms with Crippen LogP contribution >= 0.6 is 0 Å². The molecule has 0 saturated carbocycles. The van der Waals surface area contributed by atoms with Crippen molar-refractivity contribution in [3.63, 3.8) is 0 Å². The van der Waals surface area contributed by atoms with Gasteiger partial charge in [0.1, 0.15) is 11.8 Å². The van der Waals surface area contributed by atoms with E-state index in [0.29, 0.717) is 18.9 Å². The molecule has 1 amide bonds. The molecule has 0 spiro atoms. The highest BCUT2D eigenvalue weighted by atomic mass is 16.5. The van der Waals surface area contributed by atoms with Crippen LogP contribution in [0.25, 0.3) is 11.4 Å². The Morgan fingerprint density at radius 3 is 2.41 bits per heavy atom. The molecule has 1 aromatic heterocycles. The molecule has 1 N–H and O–H groups in total. The SMILES string of the molecule is COc1ccc(-c2nnc3n2[C@@H](C)C(=O)N(Cc2ccccc2)C3)cc1.O=CO. The van der Waals surface area contributed by atoms with Gasteiger partial charge in [-0.15, -0.1) is 10.2 Å². The summed E-state index contributed by atoms with van der Waals surface area (Å²) in [7, 11) is 1.63. The lowest BCUT2D eigenvalue weighted by Gasteiger charge is -2.32. The van der Waals surface area contributed by atoms with E-state index in [1.54, 1.807) is 7.11 Å². The standard InChI is InChI=1S/C20H20N4O2.CH2O2/c1-14-20(25)23(12-15-6-4-3-5-7-15)13-18-21-22-19(24(14)18)16-8-10-17(26-2)11-9-16;2-1-3/h3-11,14H,12-13H2,1-2H3;1H,(H,2,3)/t14-;/m0./s1. The summed E-state index contributed by atoms with van der Waals surface area (Å²) in [6.07, 6.45) is 0. The zero-order chi connectivity index (χ0) is 20.8. The first kappa shape index (κ1) is 20.1. The fourth-order valence-electron chi connectivity index (χ4n) is 3.34. The molecular weight excluding hydrogens is 372 g/mol. The van der Waals surface area contributed by atoms with E-state index in [0.717, 1.165) is 22.7 Å². The van der Waals surface area contributed by atoms with Gasteiger partial charge < -0.3 is 14.7 Å². The van der Waals surface area contributed by atoms with Crippen molar-refractivity contribution in [1.82, 2.24) is 19.7 Å². The van der Waals surface area contributed by atoms with Crippen LogP contribution in [-0.4, -0.2) is 44.3 Å². The number of carbonyl (C=O) groups excluding carboxylic acids is 1. The Balaban J connectivity index is 0.000000755.